The van der Waals surface area contributed by atoms with Crippen LogP contribution >= 0.6 is 27.3 Å². The molecule has 1 atom stereocenters. The third-order valence-electron chi connectivity index (χ3n) is 3.97. The van der Waals surface area contributed by atoms with Crippen LogP contribution < -0.4 is 5.32 Å². The first-order valence-corrected chi connectivity index (χ1v) is 10.5. The summed E-state index contributed by atoms with van der Waals surface area (Å²) in [7, 11) is -3.43. The minimum atomic E-state index is -3.43. The smallest absolute Gasteiger partial charge is 0.252 e. The minimum absolute atomic E-state index is 0.0465. The first-order chi connectivity index (χ1) is 10.3. The summed E-state index contributed by atoms with van der Waals surface area (Å²) in [6.45, 7) is 4.80. The summed E-state index contributed by atoms with van der Waals surface area (Å²) >= 11 is 4.50. The zero-order chi connectivity index (χ0) is 16.3. The van der Waals surface area contributed by atoms with Crippen LogP contribution in [0.4, 0.5) is 0 Å². The van der Waals surface area contributed by atoms with Crippen LogP contribution in [0.1, 0.15) is 33.1 Å². The van der Waals surface area contributed by atoms with Crippen LogP contribution in [-0.2, 0) is 14.8 Å². The second-order valence-corrected chi connectivity index (χ2v) is 10.2. The van der Waals surface area contributed by atoms with Gasteiger partial charge in [0.2, 0.25) is 5.91 Å². The van der Waals surface area contributed by atoms with Gasteiger partial charge in [-0.25, -0.2) is 8.42 Å². The number of rotatable bonds is 5. The van der Waals surface area contributed by atoms with E-state index in [1.54, 1.807) is 12.1 Å². The zero-order valence-electron chi connectivity index (χ0n) is 12.7. The molecular formula is C14H21BrN2O3S2. The van der Waals surface area contributed by atoms with Gasteiger partial charge in [-0.05, 0) is 54.2 Å². The normalized spacial score (nSPS) is 19.0. The third-order valence-corrected chi connectivity index (χ3v) is 7.96. The fourth-order valence-corrected chi connectivity index (χ4v) is 6.02. The van der Waals surface area contributed by atoms with Crippen molar-refractivity contribution in [3.8, 4) is 0 Å². The van der Waals surface area contributed by atoms with Crippen LogP contribution in [0.25, 0.3) is 0 Å². The van der Waals surface area contributed by atoms with Crippen LogP contribution in [0.2, 0.25) is 0 Å². The highest BCUT2D eigenvalue weighted by atomic mass is 79.9. The second-order valence-electron chi connectivity index (χ2n) is 5.55. The highest BCUT2D eigenvalue weighted by Gasteiger charge is 2.33. The van der Waals surface area contributed by atoms with Crippen LogP contribution in [0.3, 0.4) is 0 Å². The van der Waals surface area contributed by atoms with Gasteiger partial charge in [0, 0.05) is 25.0 Å². The molecule has 1 aliphatic rings. The maximum atomic E-state index is 12.5. The molecule has 1 aromatic rings. The Bertz CT molecular complexity index is 622. The van der Waals surface area contributed by atoms with Gasteiger partial charge in [0.25, 0.3) is 10.0 Å². The van der Waals surface area contributed by atoms with Gasteiger partial charge in [-0.1, -0.05) is 6.92 Å². The summed E-state index contributed by atoms with van der Waals surface area (Å²) < 4.78 is 27.7. The Morgan fingerprint density at radius 3 is 2.59 bits per heavy atom. The molecule has 8 heteroatoms. The average molecular weight is 409 g/mol. The summed E-state index contributed by atoms with van der Waals surface area (Å²) in [5.74, 6) is -0.0409. The lowest BCUT2D eigenvalue weighted by Crippen LogP contribution is -2.44. The Labute approximate surface area is 144 Å². The number of hydrogen-bond acceptors (Lipinski definition) is 4. The van der Waals surface area contributed by atoms with Crippen molar-refractivity contribution in [2.45, 2.75) is 43.4 Å². The Morgan fingerprint density at radius 2 is 2.09 bits per heavy atom. The molecule has 1 amide bonds. The molecule has 22 heavy (non-hydrogen) atoms. The maximum Gasteiger partial charge on any atom is 0.252 e. The van der Waals surface area contributed by atoms with Crippen molar-refractivity contribution < 1.29 is 13.2 Å². The van der Waals surface area contributed by atoms with Gasteiger partial charge >= 0.3 is 0 Å². The molecule has 1 N–H and O–H groups in total. The number of piperidine rings is 1. The van der Waals surface area contributed by atoms with Crippen molar-refractivity contribution in [3.05, 3.63) is 15.9 Å². The molecule has 1 fully saturated rings. The van der Waals surface area contributed by atoms with Gasteiger partial charge in [0.05, 0.1) is 3.79 Å². The number of thiophene rings is 1. The van der Waals surface area contributed by atoms with Crippen molar-refractivity contribution in [1.29, 1.82) is 0 Å². The van der Waals surface area contributed by atoms with E-state index in [0.29, 0.717) is 30.1 Å². The van der Waals surface area contributed by atoms with Gasteiger partial charge in [-0.2, -0.15) is 4.31 Å². The molecule has 0 spiro atoms. The Hall–Kier alpha value is -0.440. The molecule has 2 heterocycles. The monoisotopic (exact) mass is 408 g/mol. The number of nitrogens with zero attached hydrogens (tertiary/aromatic N) is 1. The van der Waals surface area contributed by atoms with Gasteiger partial charge in [-0.15, -0.1) is 11.3 Å². The maximum absolute atomic E-state index is 12.5. The van der Waals surface area contributed by atoms with E-state index in [-0.39, 0.29) is 17.9 Å². The predicted molar refractivity (Wildman–Crippen MR) is 91.4 cm³/mol. The number of carbonyl (C=O) groups excluding carboxylic acids is 1. The molecule has 0 radical (unpaired) electrons. The molecule has 0 aliphatic carbocycles. The number of nitrogens with one attached hydrogen (secondary N) is 1. The molecule has 1 aromatic heterocycles. The minimum Gasteiger partial charge on any atom is -0.353 e. The molecule has 2 rings (SSSR count). The van der Waals surface area contributed by atoms with E-state index >= 15 is 0 Å². The van der Waals surface area contributed by atoms with Gasteiger partial charge < -0.3 is 5.32 Å². The number of carbonyl (C=O) groups is 1. The average Bonchev–Trinajstić information content (AvgIpc) is 2.94. The lowest BCUT2D eigenvalue weighted by Gasteiger charge is -2.30. The number of halogens is 1. The number of amides is 1. The van der Waals surface area contributed by atoms with Gasteiger partial charge in [0.1, 0.15) is 4.21 Å². The van der Waals surface area contributed by atoms with E-state index in [1.807, 2.05) is 13.8 Å². The van der Waals surface area contributed by atoms with E-state index in [0.717, 1.165) is 10.2 Å². The summed E-state index contributed by atoms with van der Waals surface area (Å²) in [6, 6.07) is 3.52. The van der Waals surface area contributed by atoms with E-state index < -0.39 is 10.0 Å². The molecule has 1 aliphatic heterocycles. The fraction of sp³-hybridized carbons (Fsp3) is 0.643. The summed E-state index contributed by atoms with van der Waals surface area (Å²) in [6.07, 6.45) is 2.05. The first-order valence-electron chi connectivity index (χ1n) is 7.40. The molecule has 5 nitrogen and oxygen atoms in total. The highest BCUT2D eigenvalue weighted by Crippen LogP contribution is 2.30. The standard InChI is InChI=1S/C14H21BrN2O3S2/c1-3-10(2)16-14(18)11-6-8-17(9-7-11)22(19,20)13-5-4-12(15)21-13/h4-5,10-11H,3,6-9H2,1-2H3,(H,16,18). The topological polar surface area (TPSA) is 66.5 Å². The number of hydrogen-bond donors (Lipinski definition) is 1. The second kappa shape index (κ2) is 7.42. The zero-order valence-corrected chi connectivity index (χ0v) is 15.9. The van der Waals surface area contributed by atoms with Crippen molar-refractivity contribution in [3.63, 3.8) is 0 Å². The Kier molecular flexibility index (Phi) is 6.04. The highest BCUT2D eigenvalue weighted by molar-refractivity contribution is 9.11. The van der Waals surface area contributed by atoms with Crippen LogP contribution in [0, 0.1) is 5.92 Å². The molecular weight excluding hydrogens is 388 g/mol. The van der Waals surface area contributed by atoms with Gasteiger partial charge in [-0.3, -0.25) is 4.79 Å². The quantitative estimate of drug-likeness (QED) is 0.814. The summed E-state index contributed by atoms with van der Waals surface area (Å²) in [4.78, 5) is 12.1. The van der Waals surface area contributed by atoms with Crippen LogP contribution in [0.5, 0.6) is 0 Å². The molecule has 0 saturated carbocycles. The van der Waals surface area contributed by atoms with E-state index in [9.17, 15) is 13.2 Å². The predicted octanol–water partition coefficient (Wildman–Crippen LogP) is 2.83. The van der Waals surface area contributed by atoms with Crippen LogP contribution in [-0.4, -0.2) is 37.8 Å². The van der Waals surface area contributed by atoms with Gasteiger partial charge in [0.15, 0.2) is 0 Å². The van der Waals surface area contributed by atoms with Crippen LogP contribution in [0.15, 0.2) is 20.1 Å². The van der Waals surface area contributed by atoms with E-state index in [1.165, 1.54) is 15.6 Å². The molecule has 0 aromatic carbocycles. The molecule has 124 valence electrons. The largest absolute Gasteiger partial charge is 0.353 e. The van der Waals surface area contributed by atoms with Crippen molar-refractivity contribution in [2.24, 2.45) is 5.92 Å². The fourth-order valence-electron chi connectivity index (χ4n) is 2.38. The van der Waals surface area contributed by atoms with Crippen molar-refractivity contribution in [2.75, 3.05) is 13.1 Å². The van der Waals surface area contributed by atoms with E-state index in [4.69, 9.17) is 0 Å². The third kappa shape index (κ3) is 4.10. The number of sulfonamides is 1. The molecule has 1 unspecified atom stereocenters. The Balaban J connectivity index is 1.96. The Morgan fingerprint density at radius 1 is 1.45 bits per heavy atom. The first kappa shape index (κ1) is 17.9. The molecule has 1 saturated heterocycles. The summed E-state index contributed by atoms with van der Waals surface area (Å²) in [5, 5.41) is 2.98. The molecule has 0 bridgehead atoms. The van der Waals surface area contributed by atoms with Crippen molar-refractivity contribution >= 4 is 43.2 Å². The van der Waals surface area contributed by atoms with E-state index in [2.05, 4.69) is 21.2 Å². The van der Waals surface area contributed by atoms with Crippen molar-refractivity contribution in [1.82, 2.24) is 9.62 Å². The summed E-state index contributed by atoms with van der Waals surface area (Å²) in [5.41, 5.74) is 0. The lowest BCUT2D eigenvalue weighted by molar-refractivity contribution is -0.126. The lowest BCUT2D eigenvalue weighted by atomic mass is 9.97. The SMILES string of the molecule is CCC(C)NC(=O)C1CCN(S(=O)(=O)c2ccc(Br)s2)CC1.